The van der Waals surface area contributed by atoms with E-state index >= 15 is 0 Å². The van der Waals surface area contributed by atoms with Crippen LogP contribution >= 0.6 is 0 Å². The van der Waals surface area contributed by atoms with Crippen molar-refractivity contribution in [1.29, 1.82) is 0 Å². The fourth-order valence-corrected chi connectivity index (χ4v) is 4.99. The molecule has 1 aliphatic heterocycles. The summed E-state index contributed by atoms with van der Waals surface area (Å²) in [4.78, 5) is 27.4. The van der Waals surface area contributed by atoms with Crippen molar-refractivity contribution in [3.63, 3.8) is 0 Å². The molecule has 38 heavy (non-hydrogen) atoms. The summed E-state index contributed by atoms with van der Waals surface area (Å²) >= 11 is 0. The SMILES string of the molecule is CC(C)CNC(=O)[C@H](C)N(Cc1ccccc1F)C(=O)CCCN(c1ccc2c(c1)OCCO2)S(C)(=O)=O. The molecule has 0 spiro atoms. The van der Waals surface area contributed by atoms with Crippen molar-refractivity contribution in [2.45, 2.75) is 46.2 Å². The summed E-state index contributed by atoms with van der Waals surface area (Å²) in [5.41, 5.74) is 0.687. The van der Waals surface area contributed by atoms with Gasteiger partial charge in [-0.25, -0.2) is 12.8 Å². The second kappa shape index (κ2) is 12.9. The third-order valence-corrected chi connectivity index (χ3v) is 7.31. The van der Waals surface area contributed by atoms with E-state index in [9.17, 15) is 22.4 Å². The number of carbonyl (C=O) groups excluding carboxylic acids is 2. The summed E-state index contributed by atoms with van der Waals surface area (Å²) in [5, 5.41) is 2.82. The lowest BCUT2D eigenvalue weighted by molar-refractivity contribution is -0.140. The van der Waals surface area contributed by atoms with Crippen molar-refractivity contribution in [2.24, 2.45) is 5.92 Å². The quantitative estimate of drug-likeness (QED) is 0.436. The fraction of sp³-hybridized carbons (Fsp3) is 0.481. The van der Waals surface area contributed by atoms with Gasteiger partial charge in [0.2, 0.25) is 21.8 Å². The Morgan fingerprint density at radius 2 is 1.74 bits per heavy atom. The molecule has 0 saturated carbocycles. The maximum absolute atomic E-state index is 14.4. The maximum Gasteiger partial charge on any atom is 0.242 e. The van der Waals surface area contributed by atoms with Crippen LogP contribution in [0.5, 0.6) is 11.5 Å². The Balaban J connectivity index is 1.73. The molecule has 11 heteroatoms. The summed E-state index contributed by atoms with van der Waals surface area (Å²) in [6.07, 6.45) is 1.25. The Kier molecular flexibility index (Phi) is 9.96. The first-order chi connectivity index (χ1) is 18.0. The molecule has 0 aromatic heterocycles. The van der Waals surface area contributed by atoms with Gasteiger partial charge in [-0.1, -0.05) is 32.0 Å². The van der Waals surface area contributed by atoms with Gasteiger partial charge in [0, 0.05) is 37.7 Å². The Morgan fingerprint density at radius 3 is 2.39 bits per heavy atom. The van der Waals surface area contributed by atoms with Gasteiger partial charge >= 0.3 is 0 Å². The average Bonchev–Trinajstić information content (AvgIpc) is 2.87. The molecule has 1 heterocycles. The minimum Gasteiger partial charge on any atom is -0.486 e. The Bertz CT molecular complexity index is 1240. The lowest BCUT2D eigenvalue weighted by Crippen LogP contribution is -2.48. The average molecular weight is 550 g/mol. The lowest BCUT2D eigenvalue weighted by atomic mass is 10.1. The van der Waals surface area contributed by atoms with Gasteiger partial charge in [0.15, 0.2) is 11.5 Å². The summed E-state index contributed by atoms with van der Waals surface area (Å²) < 4.78 is 51.8. The van der Waals surface area contributed by atoms with Gasteiger partial charge in [-0.05, 0) is 37.5 Å². The largest absolute Gasteiger partial charge is 0.486 e. The number of anilines is 1. The van der Waals surface area contributed by atoms with Crippen molar-refractivity contribution >= 4 is 27.5 Å². The first kappa shape index (κ1) is 29.2. The molecule has 1 atom stereocenters. The van der Waals surface area contributed by atoms with Gasteiger partial charge in [0.25, 0.3) is 0 Å². The van der Waals surface area contributed by atoms with E-state index in [1.54, 1.807) is 43.3 Å². The molecule has 0 radical (unpaired) electrons. The van der Waals surface area contributed by atoms with Gasteiger partial charge in [-0.15, -0.1) is 0 Å². The van der Waals surface area contributed by atoms with Crippen LogP contribution < -0.4 is 19.1 Å². The molecule has 9 nitrogen and oxygen atoms in total. The molecule has 2 aromatic carbocycles. The number of carbonyl (C=O) groups is 2. The van der Waals surface area contributed by atoms with Crippen LogP contribution in [0.2, 0.25) is 0 Å². The van der Waals surface area contributed by atoms with E-state index in [0.29, 0.717) is 42.5 Å². The summed E-state index contributed by atoms with van der Waals surface area (Å²) in [6, 6.07) is 10.1. The monoisotopic (exact) mass is 549 g/mol. The molecule has 0 fully saturated rings. The molecule has 2 aromatic rings. The number of halogens is 1. The molecule has 1 aliphatic rings. The van der Waals surface area contributed by atoms with E-state index in [2.05, 4.69) is 5.32 Å². The predicted molar refractivity (Wildman–Crippen MR) is 143 cm³/mol. The van der Waals surface area contributed by atoms with E-state index in [0.717, 1.165) is 6.26 Å². The number of amides is 2. The Hall–Kier alpha value is -3.34. The van der Waals surface area contributed by atoms with Crippen LogP contribution in [0.25, 0.3) is 0 Å². The Morgan fingerprint density at radius 1 is 1.05 bits per heavy atom. The van der Waals surface area contributed by atoms with Crippen molar-refractivity contribution in [3.05, 3.63) is 53.8 Å². The molecule has 3 rings (SSSR count). The van der Waals surface area contributed by atoms with Crippen LogP contribution in [-0.4, -0.2) is 63.7 Å². The maximum atomic E-state index is 14.4. The fourth-order valence-electron chi connectivity index (χ4n) is 4.04. The highest BCUT2D eigenvalue weighted by atomic mass is 32.2. The highest BCUT2D eigenvalue weighted by Gasteiger charge is 2.27. The third-order valence-electron chi connectivity index (χ3n) is 6.12. The lowest BCUT2D eigenvalue weighted by Gasteiger charge is -2.30. The minimum atomic E-state index is -3.66. The second-order valence-corrected chi connectivity index (χ2v) is 11.6. The van der Waals surface area contributed by atoms with E-state index < -0.39 is 21.9 Å². The van der Waals surface area contributed by atoms with Gasteiger partial charge in [0.05, 0.1) is 11.9 Å². The minimum absolute atomic E-state index is 0.0334. The smallest absolute Gasteiger partial charge is 0.242 e. The van der Waals surface area contributed by atoms with Crippen LogP contribution in [0.15, 0.2) is 42.5 Å². The molecule has 0 saturated heterocycles. The summed E-state index contributed by atoms with van der Waals surface area (Å²) in [5.74, 6) is 0.0350. The second-order valence-electron chi connectivity index (χ2n) is 9.69. The van der Waals surface area contributed by atoms with Crippen LogP contribution in [0.1, 0.15) is 39.2 Å². The van der Waals surface area contributed by atoms with Gasteiger partial charge in [-0.3, -0.25) is 13.9 Å². The molecule has 0 aliphatic carbocycles. The number of nitrogens with one attached hydrogen (secondary N) is 1. The molecule has 2 amide bonds. The number of ether oxygens (including phenoxy) is 2. The van der Waals surface area contributed by atoms with Gasteiger partial charge in [-0.2, -0.15) is 0 Å². The number of fused-ring (bicyclic) bond motifs is 1. The van der Waals surface area contributed by atoms with E-state index in [1.807, 2.05) is 13.8 Å². The summed E-state index contributed by atoms with van der Waals surface area (Å²) in [6.45, 7) is 6.71. The molecular formula is C27H36FN3O6S. The van der Waals surface area contributed by atoms with Crippen LogP contribution in [0.4, 0.5) is 10.1 Å². The summed E-state index contributed by atoms with van der Waals surface area (Å²) in [7, 11) is -3.66. The van der Waals surface area contributed by atoms with Crippen molar-refractivity contribution in [2.75, 3.05) is 36.9 Å². The van der Waals surface area contributed by atoms with Crippen LogP contribution in [0, 0.1) is 11.7 Å². The van der Waals surface area contributed by atoms with Crippen molar-refractivity contribution in [3.8, 4) is 11.5 Å². The van der Waals surface area contributed by atoms with Crippen molar-refractivity contribution < 1.29 is 31.9 Å². The van der Waals surface area contributed by atoms with Gasteiger partial charge < -0.3 is 19.7 Å². The highest BCUT2D eigenvalue weighted by Crippen LogP contribution is 2.34. The molecular weight excluding hydrogens is 513 g/mol. The number of nitrogens with zero attached hydrogens (tertiary/aromatic N) is 2. The van der Waals surface area contributed by atoms with Gasteiger partial charge in [0.1, 0.15) is 25.1 Å². The van der Waals surface area contributed by atoms with E-state index in [4.69, 9.17) is 9.47 Å². The number of hydrogen-bond donors (Lipinski definition) is 1. The zero-order valence-corrected chi connectivity index (χ0v) is 23.1. The number of sulfonamides is 1. The van der Waals surface area contributed by atoms with E-state index in [1.165, 1.54) is 15.3 Å². The highest BCUT2D eigenvalue weighted by molar-refractivity contribution is 7.92. The van der Waals surface area contributed by atoms with E-state index in [-0.39, 0.29) is 43.7 Å². The first-order valence-electron chi connectivity index (χ1n) is 12.6. The number of hydrogen-bond acceptors (Lipinski definition) is 6. The number of rotatable bonds is 12. The van der Waals surface area contributed by atoms with Crippen LogP contribution in [-0.2, 0) is 26.2 Å². The normalized spacial score (nSPS) is 13.6. The third kappa shape index (κ3) is 7.83. The number of benzene rings is 2. The van der Waals surface area contributed by atoms with Crippen molar-refractivity contribution in [1.82, 2.24) is 10.2 Å². The Labute approximate surface area is 224 Å². The molecule has 208 valence electrons. The predicted octanol–water partition coefficient (Wildman–Crippen LogP) is 3.33. The molecule has 1 N–H and O–H groups in total. The van der Waals surface area contributed by atoms with Crippen LogP contribution in [0.3, 0.4) is 0 Å². The molecule has 0 bridgehead atoms. The first-order valence-corrected chi connectivity index (χ1v) is 14.5. The zero-order chi connectivity index (χ0) is 27.9. The standard InChI is InChI=1S/C27H36FN3O6S/c1-19(2)17-29-27(33)20(3)30(18-21-8-5-6-9-23(21)28)26(32)10-7-13-31(38(4,34)35)22-11-12-24-25(16-22)37-15-14-36-24/h5-6,8-9,11-12,16,19-20H,7,10,13-15,17-18H2,1-4H3,(H,29,33)/t20-/m0/s1. The zero-order valence-electron chi connectivity index (χ0n) is 22.3. The molecule has 0 unspecified atom stereocenters. The topological polar surface area (TPSA) is 105 Å².